The molecule has 0 bridgehead atoms. The van der Waals surface area contributed by atoms with Crippen LogP contribution in [0.3, 0.4) is 0 Å². The van der Waals surface area contributed by atoms with Crippen LogP contribution in [-0.2, 0) is 30.1 Å². The minimum Gasteiger partial charge on any atom is -0.470 e. The number of nitrogens with zero attached hydrogens (tertiary/aromatic N) is 3. The number of anilines is 1. The molecule has 4 atom stereocenters. The molecule has 3 saturated heterocycles. The summed E-state index contributed by atoms with van der Waals surface area (Å²) < 4.78 is 70.8. The summed E-state index contributed by atoms with van der Waals surface area (Å²) in [7, 11) is -3.35. The highest BCUT2D eigenvalue weighted by Crippen LogP contribution is 2.42. The zero-order valence-corrected chi connectivity index (χ0v) is 32.5. The summed E-state index contributed by atoms with van der Waals surface area (Å²) in [6, 6.07) is 7.30. The van der Waals surface area contributed by atoms with Crippen LogP contribution in [0.5, 0.6) is 5.88 Å². The van der Waals surface area contributed by atoms with Gasteiger partial charge in [-0.3, -0.25) is 4.57 Å². The molecule has 3 aromatic rings. The van der Waals surface area contributed by atoms with E-state index < -0.39 is 28.0 Å². The second-order valence-corrected chi connectivity index (χ2v) is 26.7. The molecule has 0 saturated carbocycles. The maximum Gasteiger partial charge on any atom is 0.201 e. The molecule has 9 nitrogen and oxygen atoms in total. The van der Waals surface area contributed by atoms with Gasteiger partial charge in [0.15, 0.2) is 14.4 Å². The predicted molar refractivity (Wildman–Crippen MR) is 193 cm³/mol. The van der Waals surface area contributed by atoms with Crippen molar-refractivity contribution in [1.29, 1.82) is 0 Å². The van der Waals surface area contributed by atoms with Crippen molar-refractivity contribution in [3.05, 3.63) is 41.5 Å². The van der Waals surface area contributed by atoms with Gasteiger partial charge in [0.1, 0.15) is 30.6 Å². The Hall–Kier alpha value is -2.40. The zero-order valence-electron chi connectivity index (χ0n) is 30.5. The number of rotatable bonds is 11. The maximum absolute atomic E-state index is 15.6. The smallest absolute Gasteiger partial charge is 0.201 e. The molecule has 3 aliphatic heterocycles. The monoisotopic (exact) mass is 717 g/mol. The molecule has 49 heavy (non-hydrogen) atoms. The lowest BCUT2D eigenvalue weighted by Crippen LogP contribution is -2.47. The number of fused-ring (bicyclic) bond motifs is 2. The van der Waals surface area contributed by atoms with E-state index >= 15 is 8.78 Å². The van der Waals surface area contributed by atoms with Gasteiger partial charge in [0.2, 0.25) is 5.88 Å². The van der Waals surface area contributed by atoms with E-state index in [1.165, 1.54) is 12.1 Å². The van der Waals surface area contributed by atoms with Gasteiger partial charge in [0, 0.05) is 39.0 Å². The second-order valence-electron chi connectivity index (χ2n) is 16.3. The standard InChI is InChI=1S/C36H53F2N3O6Si2/c1-23-32-28(11-10-27(39-32)31-25(37)18-24(19-26(31)38)40-12-14-42-15-13-40)41(22-43-16-17-48(5,6)7)35(23)46-29-20-44-34-30(21-45-33(29)34)47-49(8,9)36(2,3)4/h10-11,18-19,29-30,33-34H,12-17,20-22H2,1-9H3/t29-,30-,33-,34-/m1/s1. The number of halogens is 2. The highest BCUT2D eigenvalue weighted by atomic mass is 28.4. The van der Waals surface area contributed by atoms with E-state index in [2.05, 4.69) is 53.5 Å². The summed E-state index contributed by atoms with van der Waals surface area (Å²) in [5, 5.41) is 0.0651. The molecule has 270 valence electrons. The largest absolute Gasteiger partial charge is 0.470 e. The Labute approximate surface area is 291 Å². The van der Waals surface area contributed by atoms with Gasteiger partial charge in [-0.15, -0.1) is 0 Å². The van der Waals surface area contributed by atoms with Crippen LogP contribution < -0.4 is 9.64 Å². The number of benzene rings is 1. The lowest BCUT2D eigenvalue weighted by molar-refractivity contribution is 0.00836. The topological polar surface area (TPSA) is 76.4 Å². The first-order valence-electron chi connectivity index (χ1n) is 17.5. The zero-order chi connectivity index (χ0) is 35.3. The van der Waals surface area contributed by atoms with Gasteiger partial charge in [-0.05, 0) is 55.4 Å². The van der Waals surface area contributed by atoms with Crippen molar-refractivity contribution < 1.29 is 36.9 Å². The van der Waals surface area contributed by atoms with E-state index in [4.69, 9.17) is 33.1 Å². The van der Waals surface area contributed by atoms with Crippen molar-refractivity contribution in [3.63, 3.8) is 0 Å². The molecule has 0 amide bonds. The van der Waals surface area contributed by atoms with Gasteiger partial charge in [0.05, 0.1) is 54.8 Å². The first-order chi connectivity index (χ1) is 23.0. The Balaban J connectivity index is 1.29. The van der Waals surface area contributed by atoms with Crippen LogP contribution in [0.15, 0.2) is 24.3 Å². The molecule has 5 heterocycles. The molecule has 6 rings (SSSR count). The van der Waals surface area contributed by atoms with Crippen molar-refractivity contribution >= 4 is 33.1 Å². The second kappa shape index (κ2) is 14.0. The number of pyridine rings is 1. The molecule has 0 N–H and O–H groups in total. The van der Waals surface area contributed by atoms with Gasteiger partial charge < -0.3 is 33.0 Å². The highest BCUT2D eigenvalue weighted by Gasteiger charge is 2.52. The van der Waals surface area contributed by atoms with Crippen molar-refractivity contribution in [3.8, 4) is 17.1 Å². The Kier molecular flexibility index (Phi) is 10.4. The Morgan fingerprint density at radius 1 is 0.939 bits per heavy atom. The van der Waals surface area contributed by atoms with Crippen LogP contribution in [0.4, 0.5) is 14.5 Å². The average Bonchev–Trinajstić information content (AvgIpc) is 3.68. The third-order valence-corrected chi connectivity index (χ3v) is 16.6. The van der Waals surface area contributed by atoms with E-state index in [0.29, 0.717) is 63.2 Å². The quantitative estimate of drug-likeness (QED) is 0.150. The van der Waals surface area contributed by atoms with Gasteiger partial charge in [-0.2, -0.15) is 0 Å². The maximum atomic E-state index is 15.6. The molecule has 13 heteroatoms. The fourth-order valence-corrected chi connectivity index (χ4v) is 8.52. The summed E-state index contributed by atoms with van der Waals surface area (Å²) in [5.74, 6) is -0.722. The molecular weight excluding hydrogens is 665 g/mol. The molecule has 0 unspecified atom stereocenters. The number of aromatic nitrogens is 2. The number of hydrogen-bond acceptors (Lipinski definition) is 8. The van der Waals surface area contributed by atoms with E-state index in [9.17, 15) is 0 Å². The summed E-state index contributed by atoms with van der Waals surface area (Å²) >= 11 is 0. The average molecular weight is 718 g/mol. The molecular formula is C36H53F2N3O6Si2. The van der Waals surface area contributed by atoms with Gasteiger partial charge >= 0.3 is 0 Å². The van der Waals surface area contributed by atoms with Crippen molar-refractivity contribution in [2.75, 3.05) is 51.0 Å². The molecule has 0 radical (unpaired) electrons. The predicted octanol–water partition coefficient (Wildman–Crippen LogP) is 7.37. The first kappa shape index (κ1) is 36.4. The minimum atomic E-state index is -2.04. The lowest BCUT2D eigenvalue weighted by Gasteiger charge is -2.39. The van der Waals surface area contributed by atoms with Gasteiger partial charge in [0.25, 0.3) is 0 Å². The Morgan fingerprint density at radius 2 is 1.57 bits per heavy atom. The fourth-order valence-electron chi connectivity index (χ4n) is 6.45. The van der Waals surface area contributed by atoms with Gasteiger partial charge in [-0.1, -0.05) is 40.4 Å². The van der Waals surface area contributed by atoms with E-state index in [0.717, 1.165) is 17.1 Å². The van der Waals surface area contributed by atoms with E-state index in [1.54, 1.807) is 6.07 Å². The number of aryl methyl sites for hydroxylation is 1. The van der Waals surface area contributed by atoms with Crippen molar-refractivity contribution in [2.45, 2.75) is 103 Å². The van der Waals surface area contributed by atoms with Crippen LogP contribution in [0, 0.1) is 18.6 Å². The molecule has 2 aromatic heterocycles. The fraction of sp³-hybridized carbons (Fsp3) is 0.639. The summed E-state index contributed by atoms with van der Waals surface area (Å²) in [6.45, 7) is 23.9. The van der Waals surface area contributed by atoms with Crippen LogP contribution in [-0.4, -0.2) is 96.5 Å². The molecule has 3 aliphatic rings. The SMILES string of the molecule is Cc1c(O[C@@H]2CO[C@H]3[C@@H]2OC[C@H]3O[Si](C)(C)C(C)(C)C)n(COCC[Si](C)(C)C)c2ccc(-c3c(F)cc(N4CCOCC4)cc3F)nc12. The third kappa shape index (κ3) is 7.63. The van der Waals surface area contributed by atoms with Crippen LogP contribution in [0.25, 0.3) is 22.3 Å². The number of hydrogen-bond donors (Lipinski definition) is 0. The third-order valence-electron chi connectivity index (χ3n) is 10.4. The molecule has 3 fully saturated rings. The number of morpholine rings is 1. The van der Waals surface area contributed by atoms with Crippen molar-refractivity contribution in [1.82, 2.24) is 9.55 Å². The number of ether oxygens (including phenoxy) is 5. The van der Waals surface area contributed by atoms with E-state index in [-0.39, 0.29) is 47.4 Å². The highest BCUT2D eigenvalue weighted by molar-refractivity contribution is 6.76. The Morgan fingerprint density at radius 3 is 2.20 bits per heavy atom. The molecule has 1 aromatic carbocycles. The molecule has 0 aliphatic carbocycles. The summed E-state index contributed by atoms with van der Waals surface area (Å²) in [6.07, 6.45) is -1.03. The van der Waals surface area contributed by atoms with Gasteiger partial charge in [-0.25, -0.2) is 13.8 Å². The van der Waals surface area contributed by atoms with Crippen LogP contribution >= 0.6 is 0 Å². The minimum absolute atomic E-state index is 0.0651. The normalized spacial score (nSPS) is 23.4. The Bertz CT molecular complexity index is 1630. The van der Waals surface area contributed by atoms with Crippen LogP contribution in [0.2, 0.25) is 43.8 Å². The first-order valence-corrected chi connectivity index (χ1v) is 24.1. The summed E-state index contributed by atoms with van der Waals surface area (Å²) in [4.78, 5) is 6.76. The molecule has 0 spiro atoms. The lowest BCUT2D eigenvalue weighted by atomic mass is 10.1. The van der Waals surface area contributed by atoms with Crippen molar-refractivity contribution in [2.24, 2.45) is 0 Å². The van der Waals surface area contributed by atoms with E-state index in [1.807, 2.05) is 22.5 Å². The summed E-state index contributed by atoms with van der Waals surface area (Å²) in [5.41, 5.74) is 2.68. The van der Waals surface area contributed by atoms with Crippen LogP contribution in [0.1, 0.15) is 26.3 Å².